The number of nitrogens with one attached hydrogen (secondary N) is 2. The van der Waals surface area contributed by atoms with E-state index in [1.165, 1.54) is 0 Å². The van der Waals surface area contributed by atoms with Gasteiger partial charge in [0.05, 0.1) is 12.6 Å². The van der Waals surface area contributed by atoms with E-state index in [2.05, 4.69) is 15.8 Å². The van der Waals surface area contributed by atoms with Gasteiger partial charge in [0.1, 0.15) is 0 Å². The molecule has 0 atom stereocenters. The summed E-state index contributed by atoms with van der Waals surface area (Å²) < 4.78 is 0. The lowest BCUT2D eigenvalue weighted by Crippen LogP contribution is -2.18. The van der Waals surface area contributed by atoms with Crippen molar-refractivity contribution >= 4 is 29.7 Å². The molecule has 0 aliphatic carbocycles. The molecule has 0 bridgehead atoms. The fraction of sp³-hybridized carbons (Fsp3) is 0.158. The quantitative estimate of drug-likeness (QED) is 0.525. The monoisotopic (exact) mass is 353 g/mol. The molecular weight excluding hydrogens is 334 g/mol. The SMILES string of the molecule is Cc1ccc(/C=N\NC(=O)c2ccc(NC(=O)CCC(=O)O)cc2)cc1. The fourth-order valence-electron chi connectivity index (χ4n) is 2.03. The van der Waals surface area contributed by atoms with Crippen LogP contribution in [0.4, 0.5) is 5.69 Å². The largest absolute Gasteiger partial charge is 0.481 e. The molecule has 0 saturated heterocycles. The average Bonchev–Trinajstić information content (AvgIpc) is 2.62. The average molecular weight is 353 g/mol. The van der Waals surface area contributed by atoms with Crippen molar-refractivity contribution in [3.8, 4) is 0 Å². The molecule has 0 radical (unpaired) electrons. The Hall–Kier alpha value is -3.48. The number of hydrogen-bond acceptors (Lipinski definition) is 4. The molecule has 0 spiro atoms. The molecule has 0 aliphatic heterocycles. The number of carboxylic acid groups (broad SMARTS) is 1. The third-order valence-electron chi connectivity index (χ3n) is 3.45. The van der Waals surface area contributed by atoms with E-state index in [1.807, 2.05) is 31.2 Å². The van der Waals surface area contributed by atoms with Gasteiger partial charge in [-0.3, -0.25) is 14.4 Å². The van der Waals surface area contributed by atoms with Crippen molar-refractivity contribution < 1.29 is 19.5 Å². The third kappa shape index (κ3) is 6.20. The normalized spacial score (nSPS) is 10.5. The zero-order valence-electron chi connectivity index (χ0n) is 14.2. The lowest BCUT2D eigenvalue weighted by molar-refractivity contribution is -0.138. The van der Waals surface area contributed by atoms with Crippen molar-refractivity contribution in [1.82, 2.24) is 5.43 Å². The van der Waals surface area contributed by atoms with Crippen molar-refractivity contribution in [2.45, 2.75) is 19.8 Å². The minimum Gasteiger partial charge on any atom is -0.481 e. The highest BCUT2D eigenvalue weighted by atomic mass is 16.4. The number of carbonyl (C=O) groups excluding carboxylic acids is 2. The third-order valence-corrected chi connectivity index (χ3v) is 3.45. The number of aryl methyl sites for hydroxylation is 1. The van der Waals surface area contributed by atoms with Crippen LogP contribution < -0.4 is 10.7 Å². The zero-order valence-corrected chi connectivity index (χ0v) is 14.2. The molecule has 0 saturated carbocycles. The van der Waals surface area contributed by atoms with E-state index >= 15 is 0 Å². The molecule has 2 amide bonds. The van der Waals surface area contributed by atoms with Gasteiger partial charge in [-0.15, -0.1) is 0 Å². The van der Waals surface area contributed by atoms with Crippen LogP contribution in [0, 0.1) is 6.92 Å². The molecule has 134 valence electrons. The Labute approximate surface area is 150 Å². The molecule has 0 heterocycles. The van der Waals surface area contributed by atoms with Gasteiger partial charge in [-0.1, -0.05) is 29.8 Å². The number of nitrogens with zero attached hydrogens (tertiary/aromatic N) is 1. The minimum absolute atomic E-state index is 0.106. The molecular formula is C19H19N3O4. The maximum atomic E-state index is 12.0. The Morgan fingerprint density at radius 1 is 1.00 bits per heavy atom. The Morgan fingerprint density at radius 2 is 1.65 bits per heavy atom. The molecule has 3 N–H and O–H groups in total. The Morgan fingerprint density at radius 3 is 2.27 bits per heavy atom. The van der Waals surface area contributed by atoms with Crippen LogP contribution in [0.5, 0.6) is 0 Å². The summed E-state index contributed by atoms with van der Waals surface area (Å²) in [5, 5.41) is 15.0. The van der Waals surface area contributed by atoms with Gasteiger partial charge in [-0.2, -0.15) is 5.10 Å². The Bertz CT molecular complexity index is 812. The Kier molecular flexibility index (Phi) is 6.61. The van der Waals surface area contributed by atoms with E-state index in [4.69, 9.17) is 5.11 Å². The molecule has 2 rings (SSSR count). The lowest BCUT2D eigenvalue weighted by Gasteiger charge is -2.05. The van der Waals surface area contributed by atoms with Crippen LogP contribution in [0.1, 0.15) is 34.3 Å². The predicted molar refractivity (Wildman–Crippen MR) is 98.2 cm³/mol. The van der Waals surface area contributed by atoms with Gasteiger partial charge in [0.25, 0.3) is 5.91 Å². The number of carboxylic acids is 1. The van der Waals surface area contributed by atoms with Crippen LogP contribution in [-0.4, -0.2) is 29.1 Å². The number of anilines is 1. The first-order valence-electron chi connectivity index (χ1n) is 7.96. The van der Waals surface area contributed by atoms with Gasteiger partial charge >= 0.3 is 5.97 Å². The highest BCUT2D eigenvalue weighted by Gasteiger charge is 2.07. The lowest BCUT2D eigenvalue weighted by atomic mass is 10.2. The van der Waals surface area contributed by atoms with Crippen molar-refractivity contribution in [3.05, 3.63) is 65.2 Å². The maximum absolute atomic E-state index is 12.0. The number of aliphatic carboxylic acids is 1. The Balaban J connectivity index is 1.86. The molecule has 2 aromatic rings. The number of hydrazone groups is 1. The number of amides is 2. The molecule has 0 aliphatic rings. The van der Waals surface area contributed by atoms with Crippen molar-refractivity contribution in [2.75, 3.05) is 5.32 Å². The second-order valence-corrected chi connectivity index (χ2v) is 5.63. The zero-order chi connectivity index (χ0) is 18.9. The summed E-state index contributed by atoms with van der Waals surface area (Å²) in [7, 11) is 0. The summed E-state index contributed by atoms with van der Waals surface area (Å²) in [6, 6.07) is 13.9. The van der Waals surface area contributed by atoms with Gasteiger partial charge in [0.2, 0.25) is 5.91 Å². The number of hydrogen-bond donors (Lipinski definition) is 3. The van der Waals surface area contributed by atoms with Crippen LogP contribution in [0.3, 0.4) is 0 Å². The summed E-state index contributed by atoms with van der Waals surface area (Å²) in [4.78, 5) is 34.0. The standard InChI is InChI=1S/C19H19N3O4/c1-13-2-4-14(5-3-13)12-20-22-19(26)15-6-8-16(9-7-15)21-17(23)10-11-18(24)25/h2-9,12H,10-11H2,1H3,(H,21,23)(H,22,26)(H,24,25)/b20-12-. The first-order valence-corrected chi connectivity index (χ1v) is 7.96. The predicted octanol–water partition coefficient (Wildman–Crippen LogP) is 2.56. The molecule has 7 heteroatoms. The maximum Gasteiger partial charge on any atom is 0.303 e. The molecule has 2 aromatic carbocycles. The first kappa shape index (κ1) is 18.9. The second kappa shape index (κ2) is 9.12. The molecule has 7 nitrogen and oxygen atoms in total. The van der Waals surface area contributed by atoms with E-state index < -0.39 is 11.9 Å². The highest BCUT2D eigenvalue weighted by molar-refractivity contribution is 5.96. The van der Waals surface area contributed by atoms with E-state index in [-0.39, 0.29) is 18.7 Å². The van der Waals surface area contributed by atoms with Crippen LogP contribution in [0.15, 0.2) is 53.6 Å². The minimum atomic E-state index is -1.03. The van der Waals surface area contributed by atoms with E-state index in [0.29, 0.717) is 11.3 Å². The summed E-state index contributed by atoms with van der Waals surface area (Å²) in [6.07, 6.45) is 1.21. The van der Waals surface area contributed by atoms with Gasteiger partial charge in [-0.25, -0.2) is 5.43 Å². The number of carbonyl (C=O) groups is 3. The summed E-state index contributed by atoms with van der Waals surface area (Å²) in [5.74, 6) is -1.80. The number of benzene rings is 2. The van der Waals surface area contributed by atoms with Gasteiger partial charge in [0.15, 0.2) is 0 Å². The van der Waals surface area contributed by atoms with E-state index in [0.717, 1.165) is 11.1 Å². The van der Waals surface area contributed by atoms with Gasteiger partial charge in [0, 0.05) is 17.7 Å². The van der Waals surface area contributed by atoms with Gasteiger partial charge < -0.3 is 10.4 Å². The number of rotatable bonds is 7. The van der Waals surface area contributed by atoms with Crippen LogP contribution in [0.2, 0.25) is 0 Å². The van der Waals surface area contributed by atoms with Crippen LogP contribution >= 0.6 is 0 Å². The molecule has 0 fully saturated rings. The fourth-order valence-corrected chi connectivity index (χ4v) is 2.03. The topological polar surface area (TPSA) is 108 Å². The second-order valence-electron chi connectivity index (χ2n) is 5.63. The molecule has 0 unspecified atom stereocenters. The van der Waals surface area contributed by atoms with Crippen molar-refractivity contribution in [1.29, 1.82) is 0 Å². The first-order chi connectivity index (χ1) is 12.4. The molecule has 26 heavy (non-hydrogen) atoms. The smallest absolute Gasteiger partial charge is 0.303 e. The van der Waals surface area contributed by atoms with Crippen LogP contribution in [-0.2, 0) is 9.59 Å². The summed E-state index contributed by atoms with van der Waals surface area (Å²) >= 11 is 0. The summed E-state index contributed by atoms with van der Waals surface area (Å²) in [5.41, 5.74) is 5.31. The van der Waals surface area contributed by atoms with Crippen molar-refractivity contribution in [2.24, 2.45) is 5.10 Å². The van der Waals surface area contributed by atoms with Crippen molar-refractivity contribution in [3.63, 3.8) is 0 Å². The van der Waals surface area contributed by atoms with Crippen LogP contribution in [0.25, 0.3) is 0 Å². The van der Waals surface area contributed by atoms with Gasteiger partial charge in [-0.05, 0) is 36.8 Å². The highest BCUT2D eigenvalue weighted by Crippen LogP contribution is 2.10. The summed E-state index contributed by atoms with van der Waals surface area (Å²) in [6.45, 7) is 1.99. The van der Waals surface area contributed by atoms with E-state index in [1.54, 1.807) is 30.5 Å². The molecule has 0 aromatic heterocycles. The van der Waals surface area contributed by atoms with E-state index in [9.17, 15) is 14.4 Å².